The Hall–Kier alpha value is -3.08. The molecule has 0 spiro atoms. The maximum Gasteiger partial charge on any atom is 0.226 e. The van der Waals surface area contributed by atoms with E-state index < -0.39 is 0 Å². The van der Waals surface area contributed by atoms with Crippen LogP contribution in [-0.2, 0) is 17.6 Å². The molecule has 0 fully saturated rings. The van der Waals surface area contributed by atoms with Gasteiger partial charge in [-0.3, -0.25) is 4.79 Å². The van der Waals surface area contributed by atoms with Crippen LogP contribution in [0.2, 0.25) is 0 Å². The van der Waals surface area contributed by atoms with E-state index in [-0.39, 0.29) is 5.91 Å². The molecule has 0 radical (unpaired) electrons. The fourth-order valence-corrected chi connectivity index (χ4v) is 2.93. The van der Waals surface area contributed by atoms with E-state index in [4.69, 9.17) is 9.15 Å². The molecule has 2 aromatic carbocycles. The molecule has 27 heavy (non-hydrogen) atoms. The third kappa shape index (κ3) is 4.97. The van der Waals surface area contributed by atoms with Gasteiger partial charge in [-0.15, -0.1) is 0 Å². The van der Waals surface area contributed by atoms with Crippen LogP contribution >= 0.6 is 0 Å². The Morgan fingerprint density at radius 2 is 1.81 bits per heavy atom. The molecule has 0 saturated carbocycles. The molecule has 0 aliphatic carbocycles. The molecular formula is C22H24N2O3. The van der Waals surface area contributed by atoms with Crippen LogP contribution in [0, 0.1) is 6.92 Å². The summed E-state index contributed by atoms with van der Waals surface area (Å²) in [5.41, 5.74) is 2.86. The summed E-state index contributed by atoms with van der Waals surface area (Å²) < 4.78 is 11.1. The molecule has 3 aromatic rings. The van der Waals surface area contributed by atoms with Gasteiger partial charge in [-0.25, -0.2) is 4.98 Å². The van der Waals surface area contributed by atoms with Crippen molar-refractivity contribution in [3.8, 4) is 17.2 Å². The predicted octanol–water partition coefficient (Wildman–Crippen LogP) is 3.95. The van der Waals surface area contributed by atoms with Crippen LogP contribution in [0.5, 0.6) is 5.75 Å². The van der Waals surface area contributed by atoms with Gasteiger partial charge in [-0.05, 0) is 37.1 Å². The van der Waals surface area contributed by atoms with Gasteiger partial charge in [0, 0.05) is 24.9 Å². The molecule has 5 heteroatoms. The fraction of sp³-hybridized carbons (Fsp3) is 0.273. The molecule has 1 amide bonds. The third-order valence-electron chi connectivity index (χ3n) is 4.41. The second-order valence-corrected chi connectivity index (χ2v) is 6.30. The molecule has 0 atom stereocenters. The van der Waals surface area contributed by atoms with Crippen molar-refractivity contribution >= 4 is 5.91 Å². The number of oxazole rings is 1. The van der Waals surface area contributed by atoms with E-state index in [2.05, 4.69) is 10.3 Å². The van der Waals surface area contributed by atoms with E-state index in [1.165, 1.54) is 0 Å². The zero-order valence-electron chi connectivity index (χ0n) is 15.7. The van der Waals surface area contributed by atoms with Crippen molar-refractivity contribution in [2.45, 2.75) is 26.2 Å². The summed E-state index contributed by atoms with van der Waals surface area (Å²) in [5, 5.41) is 2.95. The molecule has 0 saturated heterocycles. The fourth-order valence-electron chi connectivity index (χ4n) is 2.93. The number of rotatable bonds is 8. The normalized spacial score (nSPS) is 10.6. The van der Waals surface area contributed by atoms with E-state index in [0.717, 1.165) is 28.3 Å². The topological polar surface area (TPSA) is 64.4 Å². The number of aryl methyl sites for hydroxylation is 2. The average Bonchev–Trinajstić information content (AvgIpc) is 3.08. The van der Waals surface area contributed by atoms with E-state index in [1.807, 2.05) is 61.5 Å². The Bertz CT molecular complexity index is 888. The van der Waals surface area contributed by atoms with E-state index in [0.29, 0.717) is 31.7 Å². The van der Waals surface area contributed by atoms with Gasteiger partial charge in [0.15, 0.2) is 0 Å². The molecule has 3 rings (SSSR count). The van der Waals surface area contributed by atoms with Crippen molar-refractivity contribution in [3.05, 3.63) is 71.6 Å². The zero-order valence-corrected chi connectivity index (χ0v) is 15.7. The third-order valence-corrected chi connectivity index (χ3v) is 4.41. The Labute approximate surface area is 159 Å². The monoisotopic (exact) mass is 364 g/mol. The number of methoxy groups -OCH3 is 1. The molecule has 5 nitrogen and oxygen atoms in total. The predicted molar refractivity (Wildman–Crippen MR) is 105 cm³/mol. The van der Waals surface area contributed by atoms with E-state index in [1.54, 1.807) is 7.11 Å². The van der Waals surface area contributed by atoms with Gasteiger partial charge in [-0.1, -0.05) is 36.4 Å². The number of nitrogens with one attached hydrogen (secondary N) is 1. The summed E-state index contributed by atoms with van der Waals surface area (Å²) in [6, 6.07) is 17.6. The Kier molecular flexibility index (Phi) is 6.26. The lowest BCUT2D eigenvalue weighted by Gasteiger charge is -2.08. The molecule has 140 valence electrons. The summed E-state index contributed by atoms with van der Waals surface area (Å²) in [6.45, 7) is 2.44. The highest BCUT2D eigenvalue weighted by Gasteiger charge is 2.12. The van der Waals surface area contributed by atoms with Gasteiger partial charge in [0.05, 0.1) is 12.8 Å². The Morgan fingerprint density at radius 1 is 1.07 bits per heavy atom. The van der Waals surface area contributed by atoms with E-state index in [9.17, 15) is 4.79 Å². The van der Waals surface area contributed by atoms with Gasteiger partial charge < -0.3 is 14.5 Å². The van der Waals surface area contributed by atoms with Crippen molar-refractivity contribution in [3.63, 3.8) is 0 Å². The smallest absolute Gasteiger partial charge is 0.226 e. The molecule has 0 unspecified atom stereocenters. The van der Waals surface area contributed by atoms with Gasteiger partial charge in [0.25, 0.3) is 0 Å². The summed E-state index contributed by atoms with van der Waals surface area (Å²) in [5.74, 6) is 2.24. The second kappa shape index (κ2) is 9.03. The number of carbonyl (C=O) groups excluding carboxylic acids is 1. The minimum atomic E-state index is 0.0188. The first-order valence-corrected chi connectivity index (χ1v) is 9.07. The van der Waals surface area contributed by atoms with Crippen LogP contribution in [0.4, 0.5) is 0 Å². The largest absolute Gasteiger partial charge is 0.496 e. The number of benzene rings is 2. The van der Waals surface area contributed by atoms with E-state index >= 15 is 0 Å². The van der Waals surface area contributed by atoms with Gasteiger partial charge >= 0.3 is 0 Å². The van der Waals surface area contributed by atoms with Gasteiger partial charge in [-0.2, -0.15) is 0 Å². The van der Waals surface area contributed by atoms with Crippen LogP contribution in [0.1, 0.15) is 23.4 Å². The minimum absolute atomic E-state index is 0.0188. The number of hydrogen-bond donors (Lipinski definition) is 1. The maximum atomic E-state index is 12.1. The summed E-state index contributed by atoms with van der Waals surface area (Å²) in [6.07, 6.45) is 1.72. The van der Waals surface area contributed by atoms with Crippen molar-refractivity contribution in [2.24, 2.45) is 0 Å². The first-order valence-electron chi connectivity index (χ1n) is 9.07. The molecule has 0 bridgehead atoms. The zero-order chi connectivity index (χ0) is 19.1. The van der Waals surface area contributed by atoms with Gasteiger partial charge in [0.2, 0.25) is 11.8 Å². The first-order chi connectivity index (χ1) is 13.2. The lowest BCUT2D eigenvalue weighted by molar-refractivity contribution is -0.121. The minimum Gasteiger partial charge on any atom is -0.496 e. The van der Waals surface area contributed by atoms with Crippen LogP contribution in [0.3, 0.4) is 0 Å². The molecule has 1 heterocycles. The average molecular weight is 364 g/mol. The highest BCUT2D eigenvalue weighted by molar-refractivity contribution is 5.76. The summed E-state index contributed by atoms with van der Waals surface area (Å²) in [7, 11) is 1.64. The Balaban J connectivity index is 1.48. The number of ether oxygens (including phenoxy) is 1. The molecule has 0 aliphatic heterocycles. The molecule has 1 aromatic heterocycles. The summed E-state index contributed by atoms with van der Waals surface area (Å²) in [4.78, 5) is 16.7. The van der Waals surface area contributed by atoms with Crippen LogP contribution in [0.15, 0.2) is 59.0 Å². The highest BCUT2D eigenvalue weighted by atomic mass is 16.5. The number of nitrogens with zero attached hydrogens (tertiary/aromatic N) is 1. The lowest BCUT2D eigenvalue weighted by Crippen LogP contribution is -2.26. The number of aromatic nitrogens is 1. The standard InChI is InChI=1S/C22H24N2O3/c1-16-19(24-22(27-16)18-9-4-3-5-10-18)14-15-23-21(25)13-12-17-8-6-7-11-20(17)26-2/h3-11H,12-15H2,1-2H3,(H,23,25). The SMILES string of the molecule is COc1ccccc1CCC(=O)NCCc1nc(-c2ccccc2)oc1C. The first kappa shape index (κ1) is 18.7. The Morgan fingerprint density at radius 3 is 2.59 bits per heavy atom. The van der Waals surface area contributed by atoms with Gasteiger partial charge in [0.1, 0.15) is 11.5 Å². The second-order valence-electron chi connectivity index (χ2n) is 6.30. The molecular weight excluding hydrogens is 340 g/mol. The highest BCUT2D eigenvalue weighted by Crippen LogP contribution is 2.21. The van der Waals surface area contributed by atoms with Crippen LogP contribution in [0.25, 0.3) is 11.5 Å². The number of carbonyl (C=O) groups is 1. The van der Waals surface area contributed by atoms with Crippen molar-refractivity contribution < 1.29 is 13.9 Å². The van der Waals surface area contributed by atoms with Crippen LogP contribution in [-0.4, -0.2) is 24.5 Å². The lowest BCUT2D eigenvalue weighted by atomic mass is 10.1. The molecule has 1 N–H and O–H groups in total. The maximum absolute atomic E-state index is 12.1. The summed E-state index contributed by atoms with van der Waals surface area (Å²) >= 11 is 0. The van der Waals surface area contributed by atoms with Crippen molar-refractivity contribution in [2.75, 3.05) is 13.7 Å². The number of hydrogen-bond acceptors (Lipinski definition) is 4. The van der Waals surface area contributed by atoms with Crippen molar-refractivity contribution in [1.82, 2.24) is 10.3 Å². The number of amides is 1. The quantitative estimate of drug-likeness (QED) is 0.657. The molecule has 0 aliphatic rings. The number of para-hydroxylation sites is 1. The van der Waals surface area contributed by atoms with Crippen LogP contribution < -0.4 is 10.1 Å². The van der Waals surface area contributed by atoms with Crippen molar-refractivity contribution in [1.29, 1.82) is 0 Å².